The predicted octanol–water partition coefficient (Wildman–Crippen LogP) is 4.41. The summed E-state index contributed by atoms with van der Waals surface area (Å²) in [6.07, 6.45) is 1.27. The molecule has 9 heteroatoms. The Labute approximate surface area is 207 Å². The van der Waals surface area contributed by atoms with Crippen molar-refractivity contribution in [3.8, 4) is 11.1 Å². The topological polar surface area (TPSA) is 118 Å². The lowest BCUT2D eigenvalue weighted by molar-refractivity contribution is -0.124. The van der Waals surface area contributed by atoms with Crippen molar-refractivity contribution in [3.63, 3.8) is 0 Å². The number of alkyl carbamates (subject to hydrolysis) is 1. The molecule has 4 rings (SSSR count). The number of nitrogens with one attached hydrogen (secondary N) is 2. The van der Waals surface area contributed by atoms with E-state index in [2.05, 4.69) is 27.8 Å². The summed E-state index contributed by atoms with van der Waals surface area (Å²) in [6.45, 7) is 4.05. The third-order valence-electron chi connectivity index (χ3n) is 6.29. The van der Waals surface area contributed by atoms with Crippen LogP contribution in [0.3, 0.4) is 0 Å². The van der Waals surface area contributed by atoms with Crippen LogP contribution >= 0.6 is 11.3 Å². The number of benzene rings is 2. The number of carboxylic acid groups (broad SMARTS) is 1. The third kappa shape index (κ3) is 5.35. The number of thiazole rings is 1. The summed E-state index contributed by atoms with van der Waals surface area (Å²) in [5.74, 6) is -1.65. The van der Waals surface area contributed by atoms with E-state index in [-0.39, 0.29) is 35.8 Å². The van der Waals surface area contributed by atoms with Crippen molar-refractivity contribution >= 4 is 29.3 Å². The molecular formula is C26H27N3O5S. The predicted molar refractivity (Wildman–Crippen MR) is 132 cm³/mol. The quantitative estimate of drug-likeness (QED) is 0.406. The van der Waals surface area contributed by atoms with Gasteiger partial charge in [0.25, 0.3) is 0 Å². The summed E-state index contributed by atoms with van der Waals surface area (Å²) in [4.78, 5) is 40.7. The Morgan fingerprint density at radius 2 is 1.71 bits per heavy atom. The molecule has 1 aromatic heterocycles. The zero-order valence-electron chi connectivity index (χ0n) is 19.5. The first-order valence-electron chi connectivity index (χ1n) is 11.5. The zero-order valence-corrected chi connectivity index (χ0v) is 20.3. The minimum Gasteiger partial charge on any atom is -0.477 e. The number of aromatic carboxylic acids is 1. The monoisotopic (exact) mass is 493 g/mol. The molecule has 1 unspecified atom stereocenters. The fraction of sp³-hybridized carbons (Fsp3) is 0.308. The fourth-order valence-corrected chi connectivity index (χ4v) is 4.93. The molecule has 1 heterocycles. The molecule has 8 nitrogen and oxygen atoms in total. The first-order valence-corrected chi connectivity index (χ1v) is 12.3. The van der Waals surface area contributed by atoms with Gasteiger partial charge in [0.05, 0.1) is 12.7 Å². The molecule has 2 atom stereocenters. The van der Waals surface area contributed by atoms with Gasteiger partial charge in [0.1, 0.15) is 22.5 Å². The number of carbonyl (C=O) groups excluding carboxylic acids is 2. The minimum absolute atomic E-state index is 0.0719. The maximum Gasteiger partial charge on any atom is 0.407 e. The maximum atomic E-state index is 12.9. The summed E-state index contributed by atoms with van der Waals surface area (Å²) in [6, 6.07) is 15.4. The number of nitrogens with zero attached hydrogens (tertiary/aromatic N) is 1. The first kappa shape index (κ1) is 24.4. The van der Waals surface area contributed by atoms with Crippen molar-refractivity contribution in [3.05, 3.63) is 75.7 Å². The highest BCUT2D eigenvalue weighted by atomic mass is 32.1. The second-order valence-corrected chi connectivity index (χ2v) is 9.59. The minimum atomic E-state index is -1.06. The lowest BCUT2D eigenvalue weighted by Gasteiger charge is -2.23. The van der Waals surface area contributed by atoms with Crippen LogP contribution in [0.4, 0.5) is 4.79 Å². The van der Waals surface area contributed by atoms with Gasteiger partial charge in [0.15, 0.2) is 0 Å². The highest BCUT2D eigenvalue weighted by Gasteiger charge is 2.31. The van der Waals surface area contributed by atoms with Gasteiger partial charge in [-0.1, -0.05) is 68.8 Å². The average molecular weight is 494 g/mol. The molecule has 0 bridgehead atoms. The van der Waals surface area contributed by atoms with Crippen LogP contribution in [0.2, 0.25) is 0 Å². The van der Waals surface area contributed by atoms with Gasteiger partial charge in [-0.15, -0.1) is 11.3 Å². The first-order chi connectivity index (χ1) is 16.9. The van der Waals surface area contributed by atoms with E-state index in [1.54, 1.807) is 0 Å². The Hall–Kier alpha value is -3.72. The van der Waals surface area contributed by atoms with Gasteiger partial charge in [-0.3, -0.25) is 4.79 Å². The number of ether oxygens (including phenoxy) is 1. The molecule has 182 valence electrons. The molecule has 0 fully saturated rings. The van der Waals surface area contributed by atoms with Crippen molar-refractivity contribution in [2.75, 3.05) is 6.61 Å². The number of rotatable bonds is 9. The van der Waals surface area contributed by atoms with E-state index >= 15 is 0 Å². The number of hydrogen-bond donors (Lipinski definition) is 3. The summed E-state index contributed by atoms with van der Waals surface area (Å²) in [5.41, 5.74) is 4.51. The highest BCUT2D eigenvalue weighted by Crippen LogP contribution is 2.44. The van der Waals surface area contributed by atoms with Crippen LogP contribution in [-0.2, 0) is 16.1 Å². The molecule has 0 saturated heterocycles. The number of carboxylic acids is 1. The Morgan fingerprint density at radius 1 is 1.09 bits per heavy atom. The molecule has 0 aliphatic heterocycles. The average Bonchev–Trinajstić information content (AvgIpc) is 3.47. The third-order valence-corrected chi connectivity index (χ3v) is 7.28. The molecule has 35 heavy (non-hydrogen) atoms. The van der Waals surface area contributed by atoms with E-state index in [1.807, 2.05) is 50.2 Å². The summed E-state index contributed by atoms with van der Waals surface area (Å²) in [5, 5.41) is 15.0. The van der Waals surface area contributed by atoms with E-state index in [0.717, 1.165) is 33.6 Å². The molecular weight excluding hydrogens is 466 g/mol. The van der Waals surface area contributed by atoms with Crippen LogP contribution in [0.5, 0.6) is 0 Å². The Bertz CT molecular complexity index is 1200. The van der Waals surface area contributed by atoms with Crippen molar-refractivity contribution in [1.82, 2.24) is 15.6 Å². The van der Waals surface area contributed by atoms with Crippen molar-refractivity contribution < 1.29 is 24.2 Å². The van der Waals surface area contributed by atoms with Crippen LogP contribution in [0, 0.1) is 5.92 Å². The number of fused-ring (bicyclic) bond motifs is 3. The molecule has 0 spiro atoms. The molecule has 0 radical (unpaired) electrons. The van der Waals surface area contributed by atoms with Crippen LogP contribution in [0.15, 0.2) is 54.7 Å². The number of amides is 2. The van der Waals surface area contributed by atoms with Crippen LogP contribution in [0.25, 0.3) is 11.1 Å². The number of carbonyl (C=O) groups is 3. The standard InChI is InChI=1S/C26H27N3O5S/c1-3-15(2)23(24(30)28-13-22-27-12-21(35-22)25(31)32)29-26(33)34-14-20-18-10-6-4-8-16(18)17-9-5-7-11-19(17)20/h4-12,15,20,23H,3,13-14H2,1-2H3,(H,28,30)(H,29,33)(H,31,32)/t15?,23-/m0/s1. The smallest absolute Gasteiger partial charge is 0.407 e. The number of aromatic nitrogens is 1. The van der Waals surface area contributed by atoms with Crippen molar-refractivity contribution in [2.24, 2.45) is 5.92 Å². The van der Waals surface area contributed by atoms with Crippen LogP contribution in [0.1, 0.15) is 52.0 Å². The maximum absolute atomic E-state index is 12.9. The van der Waals surface area contributed by atoms with Gasteiger partial charge in [0, 0.05) is 5.92 Å². The van der Waals surface area contributed by atoms with Crippen LogP contribution in [-0.4, -0.2) is 40.7 Å². The van der Waals surface area contributed by atoms with Crippen molar-refractivity contribution in [1.29, 1.82) is 0 Å². The van der Waals surface area contributed by atoms with Gasteiger partial charge in [0.2, 0.25) is 5.91 Å². The highest BCUT2D eigenvalue weighted by molar-refractivity contribution is 7.13. The lowest BCUT2D eigenvalue weighted by Crippen LogP contribution is -2.50. The Kier molecular flexibility index (Phi) is 7.45. The molecule has 3 N–H and O–H groups in total. The number of hydrogen-bond acceptors (Lipinski definition) is 6. The van der Waals surface area contributed by atoms with Gasteiger partial charge in [-0.25, -0.2) is 14.6 Å². The summed E-state index contributed by atoms with van der Waals surface area (Å²) < 4.78 is 5.60. The van der Waals surface area contributed by atoms with Gasteiger partial charge in [-0.05, 0) is 28.2 Å². The largest absolute Gasteiger partial charge is 0.477 e. The van der Waals surface area contributed by atoms with Crippen LogP contribution < -0.4 is 10.6 Å². The van der Waals surface area contributed by atoms with Gasteiger partial charge in [-0.2, -0.15) is 0 Å². The second kappa shape index (κ2) is 10.7. The van der Waals surface area contributed by atoms with Crippen molar-refractivity contribution in [2.45, 2.75) is 38.8 Å². The fourth-order valence-electron chi connectivity index (χ4n) is 4.23. The van der Waals surface area contributed by atoms with E-state index < -0.39 is 18.1 Å². The molecule has 0 saturated carbocycles. The molecule has 2 amide bonds. The van der Waals surface area contributed by atoms with E-state index in [0.29, 0.717) is 11.4 Å². The van der Waals surface area contributed by atoms with E-state index in [1.165, 1.54) is 6.20 Å². The second-order valence-electron chi connectivity index (χ2n) is 8.47. The summed E-state index contributed by atoms with van der Waals surface area (Å²) >= 11 is 0.996. The molecule has 1 aliphatic rings. The molecule has 1 aliphatic carbocycles. The van der Waals surface area contributed by atoms with Gasteiger partial charge >= 0.3 is 12.1 Å². The van der Waals surface area contributed by atoms with E-state index in [9.17, 15) is 14.4 Å². The van der Waals surface area contributed by atoms with E-state index in [4.69, 9.17) is 9.84 Å². The Balaban J connectivity index is 1.38. The van der Waals surface area contributed by atoms with Gasteiger partial charge < -0.3 is 20.5 Å². The lowest BCUT2D eigenvalue weighted by atomic mass is 9.98. The zero-order chi connectivity index (χ0) is 24.9. The SMILES string of the molecule is CCC(C)[C@H](NC(=O)OCC1c2ccccc2-c2ccccc21)C(=O)NCc1ncc(C(=O)O)s1. The normalized spacial score (nSPS) is 13.9. The Morgan fingerprint density at radius 3 is 2.29 bits per heavy atom. The molecule has 2 aromatic carbocycles. The summed E-state index contributed by atoms with van der Waals surface area (Å²) in [7, 11) is 0. The molecule has 3 aromatic rings.